The largest absolute Gasteiger partial charge is 0.361 e. The zero-order valence-corrected chi connectivity index (χ0v) is 17.4. The molecule has 0 unspecified atom stereocenters. The summed E-state index contributed by atoms with van der Waals surface area (Å²) < 4.78 is 20.3. The first-order valence-electron chi connectivity index (χ1n) is 9.73. The summed E-state index contributed by atoms with van der Waals surface area (Å²) in [5.41, 5.74) is 8.22. The van der Waals surface area contributed by atoms with Crippen molar-refractivity contribution in [3.05, 3.63) is 76.6 Å². The molecule has 0 N–H and O–H groups in total. The van der Waals surface area contributed by atoms with Gasteiger partial charge in [-0.15, -0.1) is 0 Å². The van der Waals surface area contributed by atoms with E-state index in [-0.39, 0.29) is 11.2 Å². The number of rotatable bonds is 1. The Morgan fingerprint density at radius 3 is 1.89 bits per heavy atom. The van der Waals surface area contributed by atoms with Crippen molar-refractivity contribution in [2.75, 3.05) is 0 Å². The van der Waals surface area contributed by atoms with Gasteiger partial charge in [-0.05, 0) is 78.3 Å². The van der Waals surface area contributed by atoms with Crippen molar-refractivity contribution in [3.8, 4) is 11.1 Å². The molecule has 0 saturated carbocycles. The summed E-state index contributed by atoms with van der Waals surface area (Å²) in [7, 11) is 0. The quantitative estimate of drug-likeness (QED) is 0.244. The van der Waals surface area contributed by atoms with Gasteiger partial charge in [-0.25, -0.2) is 8.81 Å². The summed E-state index contributed by atoms with van der Waals surface area (Å²) in [6.45, 7) is 12.6. The molecule has 1 nitrogen and oxygen atoms in total. The Labute approximate surface area is 165 Å². The van der Waals surface area contributed by atoms with Gasteiger partial charge in [0.1, 0.15) is 5.82 Å². The maximum atomic E-state index is 14.0. The molecule has 142 valence electrons. The van der Waals surface area contributed by atoms with Crippen molar-refractivity contribution in [1.29, 1.82) is 0 Å². The Bertz CT molecular complexity index is 1210. The summed E-state index contributed by atoms with van der Waals surface area (Å²) in [5, 5.41) is 2.11. The summed E-state index contributed by atoms with van der Waals surface area (Å²) in [6.07, 6.45) is 0. The second-order valence-corrected chi connectivity index (χ2v) is 8.85. The Balaban J connectivity index is 2.19. The molecule has 0 radical (unpaired) electrons. The van der Waals surface area contributed by atoms with Crippen molar-refractivity contribution in [1.82, 2.24) is 0 Å². The minimum atomic E-state index is -0.196. The first-order chi connectivity index (χ1) is 13.1. The molecule has 1 heterocycles. The van der Waals surface area contributed by atoms with Gasteiger partial charge >= 0.3 is 11.2 Å². The highest BCUT2D eigenvalue weighted by Crippen LogP contribution is 2.41. The Hall–Kier alpha value is -2.74. The fraction of sp³-hybridized carbons (Fsp3) is 0.269. The van der Waals surface area contributed by atoms with E-state index in [1.54, 1.807) is 12.1 Å². The predicted octanol–water partition coefficient (Wildman–Crippen LogP) is 7.90. The van der Waals surface area contributed by atoms with Crippen LogP contribution in [0.4, 0.5) is 4.39 Å². The molecular formula is C26H26FO+. The van der Waals surface area contributed by atoms with Crippen LogP contribution in [-0.4, -0.2) is 0 Å². The van der Waals surface area contributed by atoms with Gasteiger partial charge in [-0.1, -0.05) is 32.9 Å². The second kappa shape index (κ2) is 6.41. The van der Waals surface area contributed by atoms with Crippen LogP contribution >= 0.6 is 0 Å². The SMILES string of the molecule is Cc1ccc2c(-c3c(C)cc(F)cc3C)c3ccc(C(C)(C)C)cc3[o+]c2c1. The van der Waals surface area contributed by atoms with Crippen molar-refractivity contribution in [2.24, 2.45) is 0 Å². The lowest BCUT2D eigenvalue weighted by molar-refractivity contribution is 0.587. The standard InChI is InChI=1S/C26H26FO/c1-15-7-9-20-22(11-15)28-23-14-18(26(4,5)6)8-10-21(23)25(20)24-16(2)12-19(27)13-17(24)3/h7-14H,1-6H3/q+1. The number of hydrogen-bond donors (Lipinski definition) is 0. The normalized spacial score (nSPS) is 12.1. The van der Waals surface area contributed by atoms with E-state index in [4.69, 9.17) is 4.42 Å². The molecule has 28 heavy (non-hydrogen) atoms. The van der Waals surface area contributed by atoms with Crippen LogP contribution in [0.25, 0.3) is 33.1 Å². The maximum Gasteiger partial charge on any atom is 0.361 e. The first-order valence-corrected chi connectivity index (χ1v) is 9.73. The fourth-order valence-electron chi connectivity index (χ4n) is 4.04. The highest BCUT2D eigenvalue weighted by atomic mass is 19.1. The van der Waals surface area contributed by atoms with Crippen molar-refractivity contribution < 1.29 is 8.81 Å². The van der Waals surface area contributed by atoms with Gasteiger partial charge < -0.3 is 0 Å². The Kier molecular flexibility index (Phi) is 4.26. The van der Waals surface area contributed by atoms with Gasteiger partial charge in [0, 0.05) is 17.7 Å². The molecule has 1 aromatic heterocycles. The van der Waals surface area contributed by atoms with Gasteiger partial charge in [0.25, 0.3) is 0 Å². The number of fused-ring (bicyclic) bond motifs is 2. The van der Waals surface area contributed by atoms with E-state index >= 15 is 0 Å². The van der Waals surface area contributed by atoms with Crippen LogP contribution in [0.2, 0.25) is 0 Å². The van der Waals surface area contributed by atoms with Gasteiger partial charge in [0.15, 0.2) is 0 Å². The highest BCUT2D eigenvalue weighted by molar-refractivity contribution is 6.09. The Morgan fingerprint density at radius 1 is 0.714 bits per heavy atom. The lowest BCUT2D eigenvalue weighted by atomic mass is 9.85. The van der Waals surface area contributed by atoms with Crippen molar-refractivity contribution in [2.45, 2.75) is 47.0 Å². The monoisotopic (exact) mass is 373 g/mol. The number of halogens is 1. The molecule has 0 fully saturated rings. The van der Waals surface area contributed by atoms with Crippen LogP contribution in [0.15, 0.2) is 52.9 Å². The van der Waals surface area contributed by atoms with Crippen LogP contribution in [0.5, 0.6) is 0 Å². The molecule has 0 bridgehead atoms. The zero-order valence-electron chi connectivity index (χ0n) is 17.4. The maximum absolute atomic E-state index is 14.0. The van der Waals surface area contributed by atoms with E-state index < -0.39 is 0 Å². The third-order valence-corrected chi connectivity index (χ3v) is 5.49. The summed E-state index contributed by atoms with van der Waals surface area (Å²) >= 11 is 0. The molecule has 0 aliphatic rings. The lowest BCUT2D eigenvalue weighted by Gasteiger charge is -2.18. The van der Waals surface area contributed by atoms with E-state index in [9.17, 15) is 4.39 Å². The number of aryl methyl sites for hydroxylation is 3. The lowest BCUT2D eigenvalue weighted by Crippen LogP contribution is -2.10. The molecular weight excluding hydrogens is 347 g/mol. The van der Waals surface area contributed by atoms with E-state index in [0.717, 1.165) is 49.8 Å². The molecule has 4 rings (SSSR count). The van der Waals surface area contributed by atoms with E-state index in [1.807, 2.05) is 13.8 Å². The number of hydrogen-bond acceptors (Lipinski definition) is 0. The van der Waals surface area contributed by atoms with Gasteiger partial charge in [0.05, 0.1) is 10.8 Å². The smallest absolute Gasteiger partial charge is 0.207 e. The van der Waals surface area contributed by atoms with Gasteiger partial charge in [-0.3, -0.25) is 0 Å². The third kappa shape index (κ3) is 3.07. The van der Waals surface area contributed by atoms with Gasteiger partial charge in [0.2, 0.25) is 0 Å². The van der Waals surface area contributed by atoms with Crippen LogP contribution in [0.1, 0.15) is 43.0 Å². The van der Waals surface area contributed by atoms with E-state index in [2.05, 4.69) is 64.1 Å². The molecule has 0 aliphatic carbocycles. The molecule has 0 aliphatic heterocycles. The minimum absolute atomic E-state index is 0.0349. The molecule has 0 atom stereocenters. The summed E-state index contributed by atoms with van der Waals surface area (Å²) in [4.78, 5) is 0. The van der Waals surface area contributed by atoms with Crippen LogP contribution in [0, 0.1) is 26.6 Å². The third-order valence-electron chi connectivity index (χ3n) is 5.49. The van der Waals surface area contributed by atoms with Crippen molar-refractivity contribution in [3.63, 3.8) is 0 Å². The summed E-state index contributed by atoms with van der Waals surface area (Å²) in [5.74, 6) is -0.196. The number of benzene rings is 3. The Morgan fingerprint density at radius 2 is 1.29 bits per heavy atom. The predicted molar refractivity (Wildman–Crippen MR) is 116 cm³/mol. The average Bonchev–Trinajstić information content (AvgIpc) is 2.58. The topological polar surface area (TPSA) is 11.3 Å². The second-order valence-electron chi connectivity index (χ2n) is 8.85. The van der Waals surface area contributed by atoms with Crippen molar-refractivity contribution >= 4 is 21.9 Å². The molecule has 3 aromatic carbocycles. The molecule has 0 saturated heterocycles. The minimum Gasteiger partial charge on any atom is -0.207 e. The first kappa shape index (κ1) is 18.6. The zero-order chi connectivity index (χ0) is 20.2. The van der Waals surface area contributed by atoms with E-state index in [1.165, 1.54) is 5.56 Å². The average molecular weight is 373 g/mol. The molecule has 0 amide bonds. The molecule has 4 aromatic rings. The molecule has 2 heteroatoms. The summed E-state index contributed by atoms with van der Waals surface area (Å²) in [6, 6.07) is 16.0. The van der Waals surface area contributed by atoms with Crippen LogP contribution in [0.3, 0.4) is 0 Å². The van der Waals surface area contributed by atoms with Gasteiger partial charge in [-0.2, -0.15) is 0 Å². The highest BCUT2D eigenvalue weighted by Gasteiger charge is 2.25. The van der Waals surface area contributed by atoms with E-state index in [0.29, 0.717) is 0 Å². The fourth-order valence-corrected chi connectivity index (χ4v) is 4.04. The van der Waals surface area contributed by atoms with Crippen LogP contribution < -0.4 is 0 Å². The molecule has 0 spiro atoms. The van der Waals surface area contributed by atoms with Crippen LogP contribution in [-0.2, 0) is 5.41 Å².